The van der Waals surface area contributed by atoms with Crippen molar-refractivity contribution in [3.8, 4) is 16.9 Å². The van der Waals surface area contributed by atoms with Crippen LogP contribution in [0, 0.1) is 5.82 Å². The molecule has 0 radical (unpaired) electrons. The Morgan fingerprint density at radius 2 is 1.90 bits per heavy atom. The molecule has 7 nitrogen and oxygen atoms in total. The van der Waals surface area contributed by atoms with Crippen LogP contribution in [0.5, 0.6) is 0 Å². The second-order valence-electron chi connectivity index (χ2n) is 7.39. The molecule has 0 spiro atoms. The van der Waals surface area contributed by atoms with E-state index < -0.39 is 0 Å². The first-order valence-electron chi connectivity index (χ1n) is 10.0. The summed E-state index contributed by atoms with van der Waals surface area (Å²) in [5.41, 5.74) is 8.96. The fourth-order valence-corrected chi connectivity index (χ4v) is 3.82. The van der Waals surface area contributed by atoms with Crippen LogP contribution in [0.25, 0.3) is 28.0 Å². The topological polar surface area (TPSA) is 90.9 Å². The molecule has 1 fully saturated rings. The molecule has 1 aliphatic rings. The molecule has 1 aliphatic heterocycles. The number of aromatic nitrogens is 4. The molecule has 5 rings (SSSR count). The van der Waals surface area contributed by atoms with Crippen molar-refractivity contribution in [1.82, 2.24) is 19.7 Å². The third-order valence-electron chi connectivity index (χ3n) is 5.27. The lowest BCUT2D eigenvalue weighted by molar-refractivity contribution is 0.120. The van der Waals surface area contributed by atoms with Crippen LogP contribution in [0.3, 0.4) is 0 Å². The number of nitrogens with one attached hydrogen (secondary N) is 1. The minimum atomic E-state index is -0.324. The van der Waals surface area contributed by atoms with Crippen molar-refractivity contribution in [2.75, 3.05) is 24.2 Å². The van der Waals surface area contributed by atoms with E-state index in [4.69, 9.17) is 22.1 Å². The molecular weight excluding hydrogens is 419 g/mol. The van der Waals surface area contributed by atoms with Gasteiger partial charge in [0.05, 0.1) is 22.9 Å². The third-order valence-corrected chi connectivity index (χ3v) is 5.52. The van der Waals surface area contributed by atoms with Crippen molar-refractivity contribution in [3.05, 3.63) is 59.4 Å². The molecule has 0 aliphatic carbocycles. The zero-order valence-corrected chi connectivity index (χ0v) is 17.3. The van der Waals surface area contributed by atoms with E-state index in [2.05, 4.69) is 20.4 Å². The Balaban J connectivity index is 1.62. The molecular formula is C22H20ClFN6O. The molecule has 3 N–H and O–H groups in total. The maximum absolute atomic E-state index is 13.5. The largest absolute Gasteiger partial charge is 0.383 e. The molecule has 31 heavy (non-hydrogen) atoms. The van der Waals surface area contributed by atoms with E-state index in [1.807, 2.05) is 12.1 Å². The zero-order valence-electron chi connectivity index (χ0n) is 16.6. The van der Waals surface area contributed by atoms with Crippen molar-refractivity contribution in [3.63, 3.8) is 0 Å². The number of rotatable bonds is 5. The number of benzene rings is 2. The van der Waals surface area contributed by atoms with Crippen molar-refractivity contribution in [2.24, 2.45) is 0 Å². The number of fused-ring (bicyclic) bond motifs is 1. The number of nitrogen functional groups attached to an aromatic ring is 1. The van der Waals surface area contributed by atoms with Gasteiger partial charge in [0.2, 0.25) is 5.95 Å². The number of anilines is 2. The Bertz CT molecular complexity index is 1220. The Labute approximate surface area is 183 Å². The maximum Gasteiger partial charge on any atom is 0.225 e. The Morgan fingerprint density at radius 3 is 2.61 bits per heavy atom. The van der Waals surface area contributed by atoms with Crippen molar-refractivity contribution in [1.29, 1.82) is 0 Å². The van der Waals surface area contributed by atoms with Crippen LogP contribution in [0.1, 0.15) is 12.8 Å². The van der Waals surface area contributed by atoms with Crippen LogP contribution < -0.4 is 11.1 Å². The SMILES string of the molecule is Nc1c2c(-c3ccc(F)cc3)nc(NC[C@@H]3CCCO3)nc2nn1-c1ccc(Cl)cc1. The Hall–Kier alpha value is -3.23. The summed E-state index contributed by atoms with van der Waals surface area (Å²) in [6.45, 7) is 1.37. The molecule has 4 aromatic rings. The van der Waals surface area contributed by atoms with Crippen molar-refractivity contribution in [2.45, 2.75) is 18.9 Å². The summed E-state index contributed by atoms with van der Waals surface area (Å²) in [7, 11) is 0. The Morgan fingerprint density at radius 1 is 1.13 bits per heavy atom. The number of nitrogens with zero attached hydrogens (tertiary/aromatic N) is 4. The molecule has 2 aromatic carbocycles. The quantitative estimate of drug-likeness (QED) is 0.478. The second-order valence-corrected chi connectivity index (χ2v) is 7.83. The van der Waals surface area contributed by atoms with E-state index in [0.717, 1.165) is 30.7 Å². The highest BCUT2D eigenvalue weighted by Crippen LogP contribution is 2.33. The Kier molecular flexibility index (Phi) is 5.17. The lowest BCUT2D eigenvalue weighted by Gasteiger charge is -2.12. The third kappa shape index (κ3) is 3.92. The predicted octanol–water partition coefficient (Wildman–Crippen LogP) is 4.45. The minimum Gasteiger partial charge on any atom is -0.383 e. The highest BCUT2D eigenvalue weighted by molar-refractivity contribution is 6.30. The number of hydrogen-bond acceptors (Lipinski definition) is 6. The number of ether oxygens (including phenoxy) is 1. The average molecular weight is 439 g/mol. The summed E-state index contributed by atoms with van der Waals surface area (Å²) >= 11 is 6.01. The first kappa shape index (κ1) is 19.7. The van der Waals surface area contributed by atoms with Gasteiger partial charge < -0.3 is 15.8 Å². The van der Waals surface area contributed by atoms with Gasteiger partial charge in [0.1, 0.15) is 11.6 Å². The molecule has 0 saturated carbocycles. The number of halogens is 2. The van der Waals surface area contributed by atoms with Gasteiger partial charge in [-0.3, -0.25) is 0 Å². The number of hydrogen-bond donors (Lipinski definition) is 2. The summed E-state index contributed by atoms with van der Waals surface area (Å²) in [5.74, 6) is 0.487. The van der Waals surface area contributed by atoms with Gasteiger partial charge >= 0.3 is 0 Å². The lowest BCUT2D eigenvalue weighted by Crippen LogP contribution is -2.19. The van der Waals surface area contributed by atoms with E-state index in [-0.39, 0.29) is 11.9 Å². The normalized spacial score (nSPS) is 16.1. The smallest absolute Gasteiger partial charge is 0.225 e. The van der Waals surface area contributed by atoms with Crippen LogP contribution in [-0.2, 0) is 4.74 Å². The lowest BCUT2D eigenvalue weighted by atomic mass is 10.1. The number of nitrogens with two attached hydrogens (primary N) is 1. The van der Waals surface area contributed by atoms with Crippen LogP contribution in [0.15, 0.2) is 48.5 Å². The molecule has 3 heterocycles. The molecule has 158 valence electrons. The van der Waals surface area contributed by atoms with E-state index >= 15 is 0 Å². The molecule has 1 saturated heterocycles. The van der Waals surface area contributed by atoms with Gasteiger partial charge in [0, 0.05) is 23.7 Å². The van der Waals surface area contributed by atoms with Gasteiger partial charge in [0.25, 0.3) is 0 Å². The van der Waals surface area contributed by atoms with Crippen molar-refractivity contribution < 1.29 is 9.13 Å². The van der Waals surface area contributed by atoms with E-state index in [9.17, 15) is 4.39 Å². The minimum absolute atomic E-state index is 0.130. The van der Waals surface area contributed by atoms with Gasteiger partial charge in [0.15, 0.2) is 5.65 Å². The van der Waals surface area contributed by atoms with Crippen LogP contribution in [-0.4, -0.2) is 39.0 Å². The standard InChI is InChI=1S/C22H20ClFN6O/c23-14-5-9-16(10-6-14)30-20(25)18-19(13-3-7-15(24)8-4-13)27-22(28-21(18)29-30)26-12-17-2-1-11-31-17/h3-10,17H,1-2,11-12,25H2,(H,26,28,29)/t17-/m0/s1. The van der Waals surface area contributed by atoms with Gasteiger partial charge in [-0.25, -0.2) is 14.1 Å². The molecule has 2 aromatic heterocycles. The first-order chi connectivity index (χ1) is 15.1. The van der Waals surface area contributed by atoms with Gasteiger partial charge in [-0.1, -0.05) is 11.6 Å². The molecule has 9 heteroatoms. The van der Waals surface area contributed by atoms with Gasteiger partial charge in [-0.15, -0.1) is 5.10 Å². The molecule has 1 atom stereocenters. The van der Waals surface area contributed by atoms with Gasteiger partial charge in [-0.2, -0.15) is 4.98 Å². The van der Waals surface area contributed by atoms with Crippen LogP contribution in [0.2, 0.25) is 5.02 Å². The molecule has 0 unspecified atom stereocenters. The molecule has 0 amide bonds. The van der Waals surface area contributed by atoms with Crippen LogP contribution >= 0.6 is 11.6 Å². The summed E-state index contributed by atoms with van der Waals surface area (Å²) in [5, 5.41) is 9.07. The van der Waals surface area contributed by atoms with E-state index in [0.29, 0.717) is 40.1 Å². The summed E-state index contributed by atoms with van der Waals surface area (Å²) in [6.07, 6.45) is 2.18. The highest BCUT2D eigenvalue weighted by Gasteiger charge is 2.21. The second kappa shape index (κ2) is 8.13. The van der Waals surface area contributed by atoms with Crippen LogP contribution in [0.4, 0.5) is 16.2 Å². The zero-order chi connectivity index (χ0) is 21.4. The predicted molar refractivity (Wildman–Crippen MR) is 119 cm³/mol. The van der Waals surface area contributed by atoms with Crippen molar-refractivity contribution >= 4 is 34.4 Å². The maximum atomic E-state index is 13.5. The summed E-state index contributed by atoms with van der Waals surface area (Å²) in [6, 6.07) is 13.3. The van der Waals surface area contributed by atoms with E-state index in [1.54, 1.807) is 28.9 Å². The van der Waals surface area contributed by atoms with E-state index in [1.165, 1.54) is 12.1 Å². The van der Waals surface area contributed by atoms with Gasteiger partial charge in [-0.05, 0) is 61.4 Å². The molecule has 0 bridgehead atoms. The summed E-state index contributed by atoms with van der Waals surface area (Å²) in [4.78, 5) is 9.26. The monoisotopic (exact) mass is 438 g/mol. The summed E-state index contributed by atoms with van der Waals surface area (Å²) < 4.78 is 20.8. The first-order valence-corrected chi connectivity index (χ1v) is 10.4. The fraction of sp³-hybridized carbons (Fsp3) is 0.227. The average Bonchev–Trinajstić information content (AvgIpc) is 3.41. The fourth-order valence-electron chi connectivity index (χ4n) is 3.70. The highest BCUT2D eigenvalue weighted by atomic mass is 35.5.